The van der Waals surface area contributed by atoms with Crippen molar-refractivity contribution in [3.63, 3.8) is 0 Å². The van der Waals surface area contributed by atoms with Gasteiger partial charge in [0.05, 0.1) is 29.1 Å². The Hall–Kier alpha value is -3.72. The molecule has 0 radical (unpaired) electrons. The van der Waals surface area contributed by atoms with E-state index >= 15 is 0 Å². The SMILES string of the molecule is Cc1ccccc1-c1cc(C(=O)Nc2ccc(NS(C)(=O)=O)cc2)c2cnn(C(C)C)c2n1. The van der Waals surface area contributed by atoms with Crippen LogP contribution in [0, 0.1) is 6.92 Å². The molecule has 0 aliphatic rings. The third-order valence-electron chi connectivity index (χ3n) is 5.17. The topological polar surface area (TPSA) is 106 Å². The van der Waals surface area contributed by atoms with Crippen molar-refractivity contribution in [2.75, 3.05) is 16.3 Å². The van der Waals surface area contributed by atoms with Gasteiger partial charge >= 0.3 is 0 Å². The number of hydrogen-bond donors (Lipinski definition) is 2. The number of carbonyl (C=O) groups is 1. The number of pyridine rings is 1. The zero-order valence-electron chi connectivity index (χ0n) is 18.8. The van der Waals surface area contributed by atoms with E-state index in [-0.39, 0.29) is 11.9 Å². The van der Waals surface area contributed by atoms with Gasteiger partial charge in [0.25, 0.3) is 5.91 Å². The second-order valence-electron chi connectivity index (χ2n) is 8.20. The van der Waals surface area contributed by atoms with Gasteiger partial charge < -0.3 is 5.32 Å². The molecule has 2 aromatic carbocycles. The molecule has 0 unspecified atom stereocenters. The monoisotopic (exact) mass is 463 g/mol. The fourth-order valence-corrected chi connectivity index (χ4v) is 4.18. The number of nitrogens with zero attached hydrogens (tertiary/aromatic N) is 3. The highest BCUT2D eigenvalue weighted by molar-refractivity contribution is 7.92. The number of aromatic nitrogens is 3. The van der Waals surface area contributed by atoms with Crippen molar-refractivity contribution in [3.05, 3.63) is 71.9 Å². The van der Waals surface area contributed by atoms with Crippen molar-refractivity contribution < 1.29 is 13.2 Å². The second-order valence-corrected chi connectivity index (χ2v) is 9.94. The van der Waals surface area contributed by atoms with Crippen LogP contribution in [0.2, 0.25) is 0 Å². The van der Waals surface area contributed by atoms with Crippen molar-refractivity contribution in [2.45, 2.75) is 26.8 Å². The molecule has 2 heterocycles. The number of rotatable bonds is 6. The van der Waals surface area contributed by atoms with Crippen LogP contribution in [-0.2, 0) is 10.0 Å². The zero-order valence-corrected chi connectivity index (χ0v) is 19.6. The van der Waals surface area contributed by atoms with Crippen molar-refractivity contribution >= 4 is 38.3 Å². The summed E-state index contributed by atoms with van der Waals surface area (Å²) in [4.78, 5) is 18.1. The number of amides is 1. The van der Waals surface area contributed by atoms with E-state index in [0.717, 1.165) is 17.4 Å². The number of nitrogens with one attached hydrogen (secondary N) is 2. The Morgan fingerprint density at radius 3 is 2.33 bits per heavy atom. The first-order valence-corrected chi connectivity index (χ1v) is 12.3. The normalized spacial score (nSPS) is 11.7. The van der Waals surface area contributed by atoms with Gasteiger partial charge in [-0.1, -0.05) is 24.3 Å². The first-order valence-electron chi connectivity index (χ1n) is 10.5. The van der Waals surface area contributed by atoms with Crippen molar-refractivity contribution in [2.24, 2.45) is 0 Å². The summed E-state index contributed by atoms with van der Waals surface area (Å²) >= 11 is 0. The van der Waals surface area contributed by atoms with E-state index in [1.807, 2.05) is 45.0 Å². The van der Waals surface area contributed by atoms with E-state index in [2.05, 4.69) is 15.1 Å². The maximum absolute atomic E-state index is 13.3. The van der Waals surface area contributed by atoms with Crippen LogP contribution in [0.1, 0.15) is 35.8 Å². The summed E-state index contributed by atoms with van der Waals surface area (Å²) in [5.41, 5.74) is 4.76. The molecule has 0 aliphatic heterocycles. The molecule has 0 saturated carbocycles. The number of fused-ring (bicyclic) bond motifs is 1. The minimum absolute atomic E-state index is 0.0768. The van der Waals surface area contributed by atoms with Gasteiger partial charge in [0, 0.05) is 23.0 Å². The summed E-state index contributed by atoms with van der Waals surface area (Å²) in [5, 5.41) is 8.01. The van der Waals surface area contributed by atoms with E-state index in [0.29, 0.717) is 33.7 Å². The summed E-state index contributed by atoms with van der Waals surface area (Å²) < 4.78 is 27.0. The van der Waals surface area contributed by atoms with Crippen LogP contribution in [0.4, 0.5) is 11.4 Å². The highest BCUT2D eigenvalue weighted by Gasteiger charge is 2.19. The zero-order chi connectivity index (χ0) is 23.8. The Bertz CT molecular complexity index is 1440. The molecular weight excluding hydrogens is 438 g/mol. The van der Waals surface area contributed by atoms with Crippen LogP contribution in [-0.4, -0.2) is 35.3 Å². The summed E-state index contributed by atoms with van der Waals surface area (Å²) in [6.45, 7) is 6.04. The minimum Gasteiger partial charge on any atom is -0.322 e. The molecule has 170 valence electrons. The molecule has 2 N–H and O–H groups in total. The van der Waals surface area contributed by atoms with E-state index in [1.165, 1.54) is 0 Å². The molecular formula is C24H25N5O3S. The Kier molecular flexibility index (Phi) is 5.90. The summed E-state index contributed by atoms with van der Waals surface area (Å²) in [6.07, 6.45) is 2.75. The lowest BCUT2D eigenvalue weighted by atomic mass is 10.0. The second kappa shape index (κ2) is 8.67. The number of benzene rings is 2. The molecule has 0 aliphatic carbocycles. The predicted molar refractivity (Wildman–Crippen MR) is 131 cm³/mol. The lowest BCUT2D eigenvalue weighted by Gasteiger charge is -2.12. The van der Waals surface area contributed by atoms with Crippen molar-refractivity contribution in [3.8, 4) is 11.3 Å². The van der Waals surface area contributed by atoms with Gasteiger partial charge in [-0.3, -0.25) is 9.52 Å². The summed E-state index contributed by atoms with van der Waals surface area (Å²) in [7, 11) is -3.37. The molecule has 4 aromatic rings. The van der Waals surface area contributed by atoms with Gasteiger partial charge in [0.1, 0.15) is 0 Å². The molecule has 0 atom stereocenters. The molecule has 2 aromatic heterocycles. The Balaban J connectivity index is 1.74. The minimum atomic E-state index is -3.37. The number of aryl methyl sites for hydroxylation is 1. The van der Waals surface area contributed by atoms with Crippen LogP contribution in [0.25, 0.3) is 22.3 Å². The molecule has 0 bridgehead atoms. The van der Waals surface area contributed by atoms with Crippen LogP contribution in [0.5, 0.6) is 0 Å². The number of carbonyl (C=O) groups excluding carboxylic acids is 1. The van der Waals surface area contributed by atoms with Crippen molar-refractivity contribution in [1.29, 1.82) is 0 Å². The van der Waals surface area contributed by atoms with Gasteiger partial charge in [0.15, 0.2) is 5.65 Å². The lowest BCUT2D eigenvalue weighted by Crippen LogP contribution is -2.14. The molecule has 0 spiro atoms. The Morgan fingerprint density at radius 1 is 1.03 bits per heavy atom. The van der Waals surface area contributed by atoms with Gasteiger partial charge in [-0.05, 0) is 56.7 Å². The van der Waals surface area contributed by atoms with Gasteiger partial charge in [0.2, 0.25) is 10.0 Å². The van der Waals surface area contributed by atoms with Crippen LogP contribution >= 0.6 is 0 Å². The summed E-state index contributed by atoms with van der Waals surface area (Å²) in [6, 6.07) is 16.2. The molecule has 0 saturated heterocycles. The van der Waals surface area contributed by atoms with Gasteiger partial charge in [-0.2, -0.15) is 5.10 Å². The fourth-order valence-electron chi connectivity index (χ4n) is 3.62. The third kappa shape index (κ3) is 4.88. The average molecular weight is 464 g/mol. The lowest BCUT2D eigenvalue weighted by molar-refractivity contribution is 0.102. The van der Waals surface area contributed by atoms with E-state index in [9.17, 15) is 13.2 Å². The molecule has 0 fully saturated rings. The molecule has 9 heteroatoms. The molecule has 4 rings (SSSR count). The quantitative estimate of drug-likeness (QED) is 0.434. The maximum Gasteiger partial charge on any atom is 0.256 e. The van der Waals surface area contributed by atoms with Crippen LogP contribution < -0.4 is 10.0 Å². The first kappa shape index (κ1) is 22.5. The average Bonchev–Trinajstić information content (AvgIpc) is 3.18. The van der Waals surface area contributed by atoms with Gasteiger partial charge in [-0.15, -0.1) is 0 Å². The largest absolute Gasteiger partial charge is 0.322 e. The van der Waals surface area contributed by atoms with E-state index in [4.69, 9.17) is 4.98 Å². The van der Waals surface area contributed by atoms with E-state index < -0.39 is 10.0 Å². The number of sulfonamides is 1. The number of hydrogen-bond acceptors (Lipinski definition) is 5. The maximum atomic E-state index is 13.3. The Morgan fingerprint density at radius 2 is 1.70 bits per heavy atom. The molecule has 33 heavy (non-hydrogen) atoms. The highest BCUT2D eigenvalue weighted by Crippen LogP contribution is 2.29. The number of anilines is 2. The van der Waals surface area contributed by atoms with Crippen LogP contribution in [0.15, 0.2) is 60.8 Å². The van der Waals surface area contributed by atoms with Crippen LogP contribution in [0.3, 0.4) is 0 Å². The van der Waals surface area contributed by atoms with E-state index in [1.54, 1.807) is 41.2 Å². The predicted octanol–water partition coefficient (Wildman–Crippen LogP) is 4.61. The standard InChI is InChI=1S/C24H25N5O3S/c1-15(2)29-23-21(14-25-29)20(13-22(27-23)19-8-6-5-7-16(19)3)24(30)26-17-9-11-18(12-10-17)28-33(4,31)32/h5-15,28H,1-4H3,(H,26,30). The molecule has 1 amide bonds. The Labute approximate surface area is 192 Å². The fraction of sp³-hybridized carbons (Fsp3) is 0.208. The molecule has 8 nitrogen and oxygen atoms in total. The van der Waals surface area contributed by atoms with Crippen molar-refractivity contribution in [1.82, 2.24) is 14.8 Å². The summed E-state index contributed by atoms with van der Waals surface area (Å²) in [5.74, 6) is -0.302. The van der Waals surface area contributed by atoms with Gasteiger partial charge in [-0.25, -0.2) is 18.1 Å². The third-order valence-corrected chi connectivity index (χ3v) is 5.77. The highest BCUT2D eigenvalue weighted by atomic mass is 32.2. The smallest absolute Gasteiger partial charge is 0.256 e. The first-order chi connectivity index (χ1) is 15.6.